The molecule has 5 nitrogen and oxygen atoms in total. The van der Waals surface area contributed by atoms with Crippen molar-refractivity contribution < 1.29 is 4.39 Å². The third-order valence-corrected chi connectivity index (χ3v) is 3.03. The van der Waals surface area contributed by atoms with E-state index in [1.54, 1.807) is 23.0 Å². The highest BCUT2D eigenvalue weighted by molar-refractivity contribution is 5.82. The van der Waals surface area contributed by atoms with Gasteiger partial charge >= 0.3 is 0 Å². The summed E-state index contributed by atoms with van der Waals surface area (Å²) in [7, 11) is 0. The van der Waals surface area contributed by atoms with E-state index in [1.165, 1.54) is 18.5 Å². The number of hydrogen-bond acceptors (Lipinski definition) is 4. The second-order valence-electron chi connectivity index (χ2n) is 4.53. The first kappa shape index (κ1) is 13.1. The minimum absolute atomic E-state index is 0.260. The van der Waals surface area contributed by atoms with Crippen LogP contribution in [0.2, 0.25) is 0 Å². The zero-order chi connectivity index (χ0) is 14.7. The van der Waals surface area contributed by atoms with Crippen LogP contribution in [0.15, 0.2) is 53.8 Å². The molecule has 0 spiro atoms. The summed E-state index contributed by atoms with van der Waals surface area (Å²) in [5.41, 5.74) is 3.51. The SMILES string of the molecule is Cc1ccc(-n2cnnn2)cc1N=Cc1ccc(F)cc1. The number of hydrogen-bond donors (Lipinski definition) is 0. The molecule has 0 N–H and O–H groups in total. The molecule has 0 saturated heterocycles. The van der Waals surface area contributed by atoms with Crippen molar-refractivity contribution in [1.82, 2.24) is 20.2 Å². The largest absolute Gasteiger partial charge is 0.256 e. The fraction of sp³-hybridized carbons (Fsp3) is 0.0667. The van der Waals surface area contributed by atoms with E-state index < -0.39 is 0 Å². The van der Waals surface area contributed by atoms with Gasteiger partial charge in [0.1, 0.15) is 12.1 Å². The van der Waals surface area contributed by atoms with Crippen LogP contribution in [0.5, 0.6) is 0 Å². The Balaban J connectivity index is 1.91. The Morgan fingerprint density at radius 1 is 1.14 bits per heavy atom. The molecular formula is C15H12FN5. The van der Waals surface area contributed by atoms with Gasteiger partial charge in [-0.15, -0.1) is 5.10 Å². The molecule has 3 aromatic rings. The van der Waals surface area contributed by atoms with Crippen molar-refractivity contribution in [2.45, 2.75) is 6.92 Å². The lowest BCUT2D eigenvalue weighted by atomic mass is 10.2. The number of halogens is 1. The molecule has 104 valence electrons. The quantitative estimate of drug-likeness (QED) is 0.694. The predicted octanol–water partition coefficient (Wildman–Crippen LogP) is 2.86. The van der Waals surface area contributed by atoms with E-state index in [0.29, 0.717) is 0 Å². The summed E-state index contributed by atoms with van der Waals surface area (Å²) >= 11 is 0. The number of aliphatic imine (C=N–C) groups is 1. The van der Waals surface area contributed by atoms with E-state index >= 15 is 0 Å². The fourth-order valence-corrected chi connectivity index (χ4v) is 1.85. The monoisotopic (exact) mass is 281 g/mol. The minimum Gasteiger partial charge on any atom is -0.256 e. The molecule has 6 heteroatoms. The molecule has 0 amide bonds. The molecule has 0 atom stereocenters. The molecule has 3 rings (SSSR count). The smallest absolute Gasteiger partial charge is 0.143 e. The molecule has 1 heterocycles. The number of tetrazole rings is 1. The van der Waals surface area contributed by atoms with E-state index in [-0.39, 0.29) is 5.82 Å². The third kappa shape index (κ3) is 3.00. The number of nitrogens with zero attached hydrogens (tertiary/aromatic N) is 5. The molecule has 0 aliphatic rings. The Hall–Kier alpha value is -2.89. The summed E-state index contributed by atoms with van der Waals surface area (Å²) in [6.45, 7) is 1.97. The fourth-order valence-electron chi connectivity index (χ4n) is 1.85. The lowest BCUT2D eigenvalue weighted by Crippen LogP contribution is -1.95. The first-order chi connectivity index (χ1) is 10.2. The number of aromatic nitrogens is 4. The van der Waals surface area contributed by atoms with Crippen molar-refractivity contribution in [2.24, 2.45) is 4.99 Å². The summed E-state index contributed by atoms with van der Waals surface area (Å²) in [6.07, 6.45) is 3.23. The summed E-state index contributed by atoms with van der Waals surface area (Å²) in [5.74, 6) is -0.260. The molecule has 0 aliphatic heterocycles. The second-order valence-corrected chi connectivity index (χ2v) is 4.53. The molecule has 21 heavy (non-hydrogen) atoms. The van der Waals surface area contributed by atoms with Crippen molar-refractivity contribution in [1.29, 1.82) is 0 Å². The highest BCUT2D eigenvalue weighted by Crippen LogP contribution is 2.21. The molecule has 0 saturated carbocycles. The van der Waals surface area contributed by atoms with Gasteiger partial charge in [0.15, 0.2) is 0 Å². The highest BCUT2D eigenvalue weighted by Gasteiger charge is 2.02. The van der Waals surface area contributed by atoms with Crippen molar-refractivity contribution in [3.63, 3.8) is 0 Å². The zero-order valence-corrected chi connectivity index (χ0v) is 11.3. The van der Waals surface area contributed by atoms with E-state index in [4.69, 9.17) is 0 Å². The molecule has 0 aliphatic carbocycles. The summed E-state index contributed by atoms with van der Waals surface area (Å²) in [4.78, 5) is 4.45. The van der Waals surface area contributed by atoms with Gasteiger partial charge in [0.05, 0.1) is 11.4 Å². The highest BCUT2D eigenvalue weighted by atomic mass is 19.1. The Morgan fingerprint density at radius 3 is 2.67 bits per heavy atom. The van der Waals surface area contributed by atoms with E-state index in [0.717, 1.165) is 22.5 Å². The van der Waals surface area contributed by atoms with Crippen LogP contribution in [0.3, 0.4) is 0 Å². The van der Waals surface area contributed by atoms with Gasteiger partial charge in [0.25, 0.3) is 0 Å². The van der Waals surface area contributed by atoms with Gasteiger partial charge in [-0.25, -0.2) is 9.07 Å². The van der Waals surface area contributed by atoms with Crippen LogP contribution >= 0.6 is 0 Å². The van der Waals surface area contributed by atoms with Gasteiger partial charge < -0.3 is 0 Å². The summed E-state index contributed by atoms with van der Waals surface area (Å²) < 4.78 is 14.4. The summed E-state index contributed by atoms with van der Waals surface area (Å²) in [5, 5.41) is 11.1. The maximum atomic E-state index is 12.9. The predicted molar refractivity (Wildman–Crippen MR) is 77.5 cm³/mol. The van der Waals surface area contributed by atoms with E-state index in [9.17, 15) is 4.39 Å². The molecule has 0 bridgehead atoms. The van der Waals surface area contributed by atoms with Crippen LogP contribution in [0.1, 0.15) is 11.1 Å². The summed E-state index contributed by atoms with van der Waals surface area (Å²) in [6, 6.07) is 11.9. The standard InChI is InChI=1S/C15H12FN5/c1-11-2-7-14(21-10-18-19-20-21)8-15(11)17-9-12-3-5-13(16)6-4-12/h2-10H,1H3. The number of benzene rings is 2. The average Bonchev–Trinajstić information content (AvgIpc) is 3.02. The Morgan fingerprint density at radius 2 is 1.95 bits per heavy atom. The molecule has 0 fully saturated rings. The minimum atomic E-state index is -0.260. The van der Waals surface area contributed by atoms with Crippen LogP contribution in [0.4, 0.5) is 10.1 Å². The second kappa shape index (κ2) is 5.62. The van der Waals surface area contributed by atoms with Gasteiger partial charge in [-0.3, -0.25) is 4.99 Å². The van der Waals surface area contributed by atoms with Gasteiger partial charge in [-0.1, -0.05) is 18.2 Å². The maximum absolute atomic E-state index is 12.9. The van der Waals surface area contributed by atoms with Crippen molar-refractivity contribution >= 4 is 11.9 Å². The van der Waals surface area contributed by atoms with Gasteiger partial charge in [-0.05, 0) is 52.7 Å². The van der Waals surface area contributed by atoms with Crippen molar-refractivity contribution in [2.75, 3.05) is 0 Å². The first-order valence-electron chi connectivity index (χ1n) is 6.36. The first-order valence-corrected chi connectivity index (χ1v) is 6.36. The Kier molecular flexibility index (Phi) is 3.51. The van der Waals surface area contributed by atoms with Gasteiger partial charge in [0, 0.05) is 6.21 Å². The molecule has 0 unspecified atom stereocenters. The topological polar surface area (TPSA) is 56.0 Å². The lowest BCUT2D eigenvalue weighted by molar-refractivity contribution is 0.628. The van der Waals surface area contributed by atoms with Gasteiger partial charge in [0.2, 0.25) is 0 Å². The van der Waals surface area contributed by atoms with Crippen LogP contribution < -0.4 is 0 Å². The van der Waals surface area contributed by atoms with Crippen molar-refractivity contribution in [3.8, 4) is 5.69 Å². The van der Waals surface area contributed by atoms with Crippen LogP contribution in [0.25, 0.3) is 5.69 Å². The van der Waals surface area contributed by atoms with Crippen LogP contribution in [-0.2, 0) is 0 Å². The van der Waals surface area contributed by atoms with Crippen LogP contribution in [-0.4, -0.2) is 26.4 Å². The van der Waals surface area contributed by atoms with E-state index in [1.807, 2.05) is 25.1 Å². The Bertz CT molecular complexity index is 763. The number of rotatable bonds is 3. The van der Waals surface area contributed by atoms with Crippen molar-refractivity contribution in [3.05, 3.63) is 65.7 Å². The van der Waals surface area contributed by atoms with Crippen LogP contribution in [0, 0.1) is 12.7 Å². The molecule has 1 aromatic heterocycles. The third-order valence-electron chi connectivity index (χ3n) is 3.03. The average molecular weight is 281 g/mol. The number of aryl methyl sites for hydroxylation is 1. The normalized spacial score (nSPS) is 11.1. The Labute approximate surface area is 120 Å². The van der Waals surface area contributed by atoms with Gasteiger partial charge in [-0.2, -0.15) is 0 Å². The van der Waals surface area contributed by atoms with E-state index in [2.05, 4.69) is 20.5 Å². The molecule has 0 radical (unpaired) electrons. The lowest BCUT2D eigenvalue weighted by Gasteiger charge is -2.04. The molecular weight excluding hydrogens is 269 g/mol. The molecule has 2 aromatic carbocycles. The maximum Gasteiger partial charge on any atom is 0.143 e. The zero-order valence-electron chi connectivity index (χ0n) is 11.3.